The Balaban J connectivity index is 2.42. The van der Waals surface area contributed by atoms with Crippen molar-refractivity contribution in [3.63, 3.8) is 0 Å². The molecule has 0 unspecified atom stereocenters. The maximum absolute atomic E-state index is 12.8. The lowest BCUT2D eigenvalue weighted by atomic mass is 10.2. The fraction of sp³-hybridized carbons (Fsp3) is 0.333. The predicted octanol–water partition coefficient (Wildman–Crippen LogP) is 1.08. The van der Waals surface area contributed by atoms with Gasteiger partial charge in [-0.3, -0.25) is 9.59 Å². The summed E-state index contributed by atoms with van der Waals surface area (Å²) in [4.78, 5) is 22.7. The number of halogens is 1. The van der Waals surface area contributed by atoms with Crippen molar-refractivity contribution in [2.75, 3.05) is 13.1 Å². The minimum absolute atomic E-state index is 0.102. The number of carbonyl (C=O) groups excluding carboxylic acids is 2. The Morgan fingerprint density at radius 1 is 1.29 bits per heavy atom. The van der Waals surface area contributed by atoms with E-state index >= 15 is 0 Å². The molecular weight excluding hydrogens is 223 g/mol. The van der Waals surface area contributed by atoms with Crippen LogP contribution in [-0.2, 0) is 4.79 Å². The third-order valence-corrected chi connectivity index (χ3v) is 2.07. The quantitative estimate of drug-likeness (QED) is 0.806. The summed E-state index contributed by atoms with van der Waals surface area (Å²) >= 11 is 0. The molecule has 92 valence electrons. The molecule has 0 saturated carbocycles. The number of carbonyl (C=O) groups is 2. The van der Waals surface area contributed by atoms with E-state index in [1.54, 1.807) is 0 Å². The Hall–Kier alpha value is -1.91. The largest absolute Gasteiger partial charge is 0.355 e. The van der Waals surface area contributed by atoms with E-state index in [4.69, 9.17) is 0 Å². The number of hydrogen-bond acceptors (Lipinski definition) is 2. The predicted molar refractivity (Wildman–Crippen MR) is 62.0 cm³/mol. The Morgan fingerprint density at radius 3 is 2.71 bits per heavy atom. The molecule has 5 heteroatoms. The van der Waals surface area contributed by atoms with Crippen molar-refractivity contribution < 1.29 is 14.0 Å². The van der Waals surface area contributed by atoms with Gasteiger partial charge in [-0.05, 0) is 24.6 Å². The van der Waals surface area contributed by atoms with Crippen LogP contribution in [0.3, 0.4) is 0 Å². The molecule has 0 aliphatic carbocycles. The Kier molecular flexibility index (Phi) is 5.13. The minimum atomic E-state index is -0.479. The zero-order chi connectivity index (χ0) is 12.7. The van der Waals surface area contributed by atoms with Gasteiger partial charge < -0.3 is 10.6 Å². The van der Waals surface area contributed by atoms with E-state index in [0.29, 0.717) is 6.54 Å². The summed E-state index contributed by atoms with van der Waals surface area (Å²) < 4.78 is 12.8. The molecule has 0 fully saturated rings. The summed E-state index contributed by atoms with van der Waals surface area (Å²) in [6.45, 7) is 2.41. The average Bonchev–Trinajstić information content (AvgIpc) is 2.33. The lowest BCUT2D eigenvalue weighted by Crippen LogP contribution is -2.37. The Labute approximate surface area is 99.2 Å². The zero-order valence-corrected chi connectivity index (χ0v) is 9.63. The molecular formula is C12H15FN2O2. The van der Waals surface area contributed by atoms with Gasteiger partial charge in [-0.25, -0.2) is 4.39 Å². The highest BCUT2D eigenvalue weighted by atomic mass is 19.1. The van der Waals surface area contributed by atoms with Gasteiger partial charge in [0.05, 0.1) is 6.54 Å². The molecule has 0 radical (unpaired) electrons. The van der Waals surface area contributed by atoms with Crippen LogP contribution in [0.1, 0.15) is 23.7 Å². The summed E-state index contributed by atoms with van der Waals surface area (Å²) in [6.07, 6.45) is 0.837. The summed E-state index contributed by atoms with van der Waals surface area (Å²) in [5.74, 6) is -1.19. The van der Waals surface area contributed by atoms with E-state index in [2.05, 4.69) is 10.6 Å². The SMILES string of the molecule is CCCNC(=O)CNC(=O)c1cccc(F)c1. The molecule has 0 aromatic heterocycles. The van der Waals surface area contributed by atoms with Crippen LogP contribution in [0.25, 0.3) is 0 Å². The van der Waals surface area contributed by atoms with Crippen LogP contribution in [0.5, 0.6) is 0 Å². The minimum Gasteiger partial charge on any atom is -0.355 e. The first-order valence-electron chi connectivity index (χ1n) is 5.44. The smallest absolute Gasteiger partial charge is 0.251 e. The van der Waals surface area contributed by atoms with Crippen LogP contribution in [0, 0.1) is 5.82 Å². The fourth-order valence-corrected chi connectivity index (χ4v) is 1.22. The lowest BCUT2D eigenvalue weighted by Gasteiger charge is -2.05. The van der Waals surface area contributed by atoms with Gasteiger partial charge in [0.1, 0.15) is 5.82 Å². The third-order valence-electron chi connectivity index (χ3n) is 2.07. The molecule has 1 aromatic rings. The van der Waals surface area contributed by atoms with Crippen LogP contribution < -0.4 is 10.6 Å². The highest BCUT2D eigenvalue weighted by Gasteiger charge is 2.07. The monoisotopic (exact) mass is 238 g/mol. The van der Waals surface area contributed by atoms with Crippen LogP contribution >= 0.6 is 0 Å². The maximum Gasteiger partial charge on any atom is 0.251 e. The van der Waals surface area contributed by atoms with E-state index in [9.17, 15) is 14.0 Å². The first-order valence-corrected chi connectivity index (χ1v) is 5.44. The van der Waals surface area contributed by atoms with Crippen molar-refractivity contribution in [2.45, 2.75) is 13.3 Å². The highest BCUT2D eigenvalue weighted by molar-refractivity contribution is 5.96. The molecule has 0 spiro atoms. The molecule has 1 aromatic carbocycles. The van der Waals surface area contributed by atoms with E-state index in [1.807, 2.05) is 6.92 Å². The normalized spacial score (nSPS) is 9.76. The van der Waals surface area contributed by atoms with E-state index in [1.165, 1.54) is 18.2 Å². The number of amides is 2. The van der Waals surface area contributed by atoms with Crippen LogP contribution in [0.2, 0.25) is 0 Å². The first-order chi connectivity index (χ1) is 8.13. The molecule has 0 atom stereocenters. The van der Waals surface area contributed by atoms with Gasteiger partial charge in [0.25, 0.3) is 5.91 Å². The molecule has 0 saturated heterocycles. The van der Waals surface area contributed by atoms with Crippen molar-refractivity contribution in [1.82, 2.24) is 10.6 Å². The Morgan fingerprint density at radius 2 is 2.06 bits per heavy atom. The average molecular weight is 238 g/mol. The van der Waals surface area contributed by atoms with E-state index < -0.39 is 11.7 Å². The van der Waals surface area contributed by atoms with Gasteiger partial charge in [-0.1, -0.05) is 13.0 Å². The van der Waals surface area contributed by atoms with Crippen molar-refractivity contribution >= 4 is 11.8 Å². The van der Waals surface area contributed by atoms with Crippen LogP contribution in [0.4, 0.5) is 4.39 Å². The van der Waals surface area contributed by atoms with Gasteiger partial charge >= 0.3 is 0 Å². The summed E-state index contributed by atoms with van der Waals surface area (Å²) in [5, 5.41) is 5.04. The molecule has 1 rings (SSSR count). The van der Waals surface area contributed by atoms with Crippen molar-refractivity contribution in [3.05, 3.63) is 35.6 Å². The van der Waals surface area contributed by atoms with Gasteiger partial charge in [0, 0.05) is 12.1 Å². The first kappa shape index (κ1) is 13.2. The summed E-state index contributed by atoms with van der Waals surface area (Å²) in [6, 6.07) is 5.31. The third kappa shape index (κ3) is 4.63. The zero-order valence-electron chi connectivity index (χ0n) is 9.63. The van der Waals surface area contributed by atoms with Crippen molar-refractivity contribution in [1.29, 1.82) is 0 Å². The molecule has 0 aliphatic heterocycles. The number of benzene rings is 1. The van der Waals surface area contributed by atoms with Gasteiger partial charge in [0.15, 0.2) is 0 Å². The molecule has 0 aliphatic rings. The second-order valence-corrected chi connectivity index (χ2v) is 3.54. The molecule has 2 amide bonds. The van der Waals surface area contributed by atoms with Crippen LogP contribution in [0.15, 0.2) is 24.3 Å². The number of rotatable bonds is 5. The fourth-order valence-electron chi connectivity index (χ4n) is 1.22. The van der Waals surface area contributed by atoms with E-state index in [-0.39, 0.29) is 18.0 Å². The summed E-state index contributed by atoms with van der Waals surface area (Å²) in [7, 11) is 0. The number of nitrogens with one attached hydrogen (secondary N) is 2. The molecule has 4 nitrogen and oxygen atoms in total. The molecule has 2 N–H and O–H groups in total. The van der Waals surface area contributed by atoms with E-state index in [0.717, 1.165) is 12.5 Å². The van der Waals surface area contributed by atoms with Gasteiger partial charge in [-0.15, -0.1) is 0 Å². The second-order valence-electron chi connectivity index (χ2n) is 3.54. The molecule has 17 heavy (non-hydrogen) atoms. The molecule has 0 bridgehead atoms. The standard InChI is InChI=1S/C12H15FN2O2/c1-2-6-14-11(16)8-15-12(17)9-4-3-5-10(13)7-9/h3-5,7H,2,6,8H2,1H3,(H,14,16)(H,15,17). The summed E-state index contributed by atoms with van der Waals surface area (Å²) in [5.41, 5.74) is 0.202. The lowest BCUT2D eigenvalue weighted by molar-refractivity contribution is -0.120. The van der Waals surface area contributed by atoms with Gasteiger partial charge in [-0.2, -0.15) is 0 Å². The highest BCUT2D eigenvalue weighted by Crippen LogP contribution is 2.02. The maximum atomic E-state index is 12.8. The Bertz CT molecular complexity index is 407. The van der Waals surface area contributed by atoms with Crippen molar-refractivity contribution in [3.8, 4) is 0 Å². The van der Waals surface area contributed by atoms with Crippen LogP contribution in [-0.4, -0.2) is 24.9 Å². The van der Waals surface area contributed by atoms with Crippen molar-refractivity contribution in [2.24, 2.45) is 0 Å². The number of hydrogen-bond donors (Lipinski definition) is 2. The molecule has 0 heterocycles. The second kappa shape index (κ2) is 6.62. The van der Waals surface area contributed by atoms with Gasteiger partial charge in [0.2, 0.25) is 5.91 Å². The topological polar surface area (TPSA) is 58.2 Å².